The lowest BCUT2D eigenvalue weighted by Crippen LogP contribution is -2.43. The fourth-order valence-electron chi connectivity index (χ4n) is 2.40. The van der Waals surface area contributed by atoms with Crippen LogP contribution in [0.3, 0.4) is 0 Å². The van der Waals surface area contributed by atoms with E-state index >= 15 is 0 Å². The minimum atomic E-state index is -3.11. The van der Waals surface area contributed by atoms with Crippen molar-refractivity contribution in [3.8, 4) is 11.8 Å². The van der Waals surface area contributed by atoms with Gasteiger partial charge in [0.2, 0.25) is 10.0 Å². The molecule has 21 heavy (non-hydrogen) atoms. The predicted molar refractivity (Wildman–Crippen MR) is 84.6 cm³/mol. The summed E-state index contributed by atoms with van der Waals surface area (Å²) in [7, 11) is -3.11. The Morgan fingerprint density at radius 1 is 1.48 bits per heavy atom. The van der Waals surface area contributed by atoms with E-state index in [1.807, 2.05) is 11.4 Å². The Morgan fingerprint density at radius 2 is 2.19 bits per heavy atom. The monoisotopic (exact) mass is 328 g/mol. The molecule has 1 aromatic rings. The predicted octanol–water partition coefficient (Wildman–Crippen LogP) is 0.605. The summed E-state index contributed by atoms with van der Waals surface area (Å²) in [5.74, 6) is 5.54. The Balaban J connectivity index is 1.82. The number of nitrogens with zero attached hydrogens (tertiary/aromatic N) is 1. The number of nitrogens with one attached hydrogen (secondary N) is 1. The highest BCUT2D eigenvalue weighted by Gasteiger charge is 2.21. The molecule has 0 aromatic carbocycles. The molecule has 1 saturated heterocycles. The average Bonchev–Trinajstić information content (AvgIpc) is 2.85. The van der Waals surface area contributed by atoms with Crippen LogP contribution < -0.4 is 4.72 Å². The van der Waals surface area contributed by atoms with Gasteiger partial charge in [-0.15, -0.1) is 11.3 Å². The van der Waals surface area contributed by atoms with Crippen molar-refractivity contribution < 1.29 is 13.5 Å². The molecule has 7 heteroatoms. The molecule has 2 heterocycles. The van der Waals surface area contributed by atoms with E-state index in [2.05, 4.69) is 21.5 Å². The first-order chi connectivity index (χ1) is 9.96. The zero-order valence-corrected chi connectivity index (χ0v) is 13.6. The quantitative estimate of drug-likeness (QED) is 0.795. The standard InChI is InChI=1S/C14H20N2O3S2/c1-21(18,19)15-13-4-6-16(7-5-13)10-14-9-12(11-20-14)3-2-8-17/h9,11,13,15,17H,4-8,10H2,1H3. The summed E-state index contributed by atoms with van der Waals surface area (Å²) < 4.78 is 25.1. The summed E-state index contributed by atoms with van der Waals surface area (Å²) in [4.78, 5) is 3.57. The second-order valence-electron chi connectivity index (χ2n) is 5.20. The van der Waals surface area contributed by atoms with Crippen LogP contribution in [0.15, 0.2) is 11.4 Å². The number of hydrogen-bond donors (Lipinski definition) is 2. The summed E-state index contributed by atoms with van der Waals surface area (Å²) in [6.45, 7) is 2.54. The zero-order valence-electron chi connectivity index (χ0n) is 12.0. The van der Waals surface area contributed by atoms with Gasteiger partial charge in [-0.05, 0) is 18.9 Å². The summed E-state index contributed by atoms with van der Waals surface area (Å²) in [6, 6.07) is 2.11. The molecule has 0 amide bonds. The van der Waals surface area contributed by atoms with Crippen molar-refractivity contribution >= 4 is 21.4 Å². The van der Waals surface area contributed by atoms with Gasteiger partial charge in [-0.3, -0.25) is 4.90 Å². The van der Waals surface area contributed by atoms with E-state index in [-0.39, 0.29) is 12.6 Å². The second kappa shape index (κ2) is 7.38. The van der Waals surface area contributed by atoms with Crippen molar-refractivity contribution in [1.82, 2.24) is 9.62 Å². The Labute approximate surface area is 130 Å². The third-order valence-corrected chi connectivity index (χ3v) is 5.00. The van der Waals surface area contributed by atoms with Gasteiger partial charge < -0.3 is 5.11 Å². The number of aliphatic hydroxyl groups excluding tert-OH is 1. The molecule has 116 valence electrons. The van der Waals surface area contributed by atoms with Crippen molar-refractivity contribution in [3.05, 3.63) is 21.9 Å². The molecule has 2 N–H and O–H groups in total. The fraction of sp³-hybridized carbons (Fsp3) is 0.571. The molecule has 0 saturated carbocycles. The normalized spacial score (nSPS) is 17.4. The van der Waals surface area contributed by atoms with Gasteiger partial charge in [0.15, 0.2) is 0 Å². The second-order valence-corrected chi connectivity index (χ2v) is 7.98. The van der Waals surface area contributed by atoms with Crippen LogP contribution in [-0.4, -0.2) is 50.4 Å². The molecular formula is C14H20N2O3S2. The lowest BCUT2D eigenvalue weighted by atomic mass is 10.1. The number of rotatable bonds is 4. The Morgan fingerprint density at radius 3 is 2.81 bits per heavy atom. The number of sulfonamides is 1. The van der Waals surface area contributed by atoms with E-state index < -0.39 is 10.0 Å². The first kappa shape index (κ1) is 16.5. The maximum absolute atomic E-state index is 11.2. The van der Waals surface area contributed by atoms with Crippen molar-refractivity contribution in [2.75, 3.05) is 26.0 Å². The number of likely N-dealkylation sites (tertiary alicyclic amines) is 1. The van der Waals surface area contributed by atoms with E-state index in [9.17, 15) is 8.42 Å². The first-order valence-corrected chi connectivity index (χ1v) is 9.60. The van der Waals surface area contributed by atoms with Crippen LogP contribution in [0.4, 0.5) is 0 Å². The minimum Gasteiger partial charge on any atom is -0.384 e. The molecule has 0 spiro atoms. The van der Waals surface area contributed by atoms with E-state index in [1.165, 1.54) is 11.1 Å². The van der Waals surface area contributed by atoms with E-state index in [4.69, 9.17) is 5.11 Å². The number of thiophene rings is 1. The van der Waals surface area contributed by atoms with E-state index in [0.717, 1.165) is 38.0 Å². The van der Waals surface area contributed by atoms with Gasteiger partial charge in [0.1, 0.15) is 6.61 Å². The van der Waals surface area contributed by atoms with Crippen LogP contribution in [0.2, 0.25) is 0 Å². The molecule has 0 aliphatic carbocycles. The largest absolute Gasteiger partial charge is 0.384 e. The van der Waals surface area contributed by atoms with Gasteiger partial charge in [-0.1, -0.05) is 11.8 Å². The number of aliphatic hydroxyl groups is 1. The van der Waals surface area contributed by atoms with Crippen LogP contribution in [-0.2, 0) is 16.6 Å². The smallest absolute Gasteiger partial charge is 0.208 e. The maximum atomic E-state index is 11.2. The molecule has 1 aliphatic rings. The Hall–Kier alpha value is -0.910. The van der Waals surface area contributed by atoms with E-state index in [0.29, 0.717) is 0 Å². The first-order valence-electron chi connectivity index (χ1n) is 6.83. The van der Waals surface area contributed by atoms with Crippen LogP contribution in [0.5, 0.6) is 0 Å². The van der Waals surface area contributed by atoms with Gasteiger partial charge in [-0.2, -0.15) is 0 Å². The Kier molecular flexibility index (Phi) is 5.79. The molecule has 0 radical (unpaired) electrons. The van der Waals surface area contributed by atoms with Gasteiger partial charge in [0.25, 0.3) is 0 Å². The van der Waals surface area contributed by atoms with Crippen LogP contribution in [0.1, 0.15) is 23.3 Å². The van der Waals surface area contributed by atoms with Gasteiger partial charge in [-0.25, -0.2) is 13.1 Å². The van der Waals surface area contributed by atoms with Crippen LogP contribution in [0.25, 0.3) is 0 Å². The molecule has 0 atom stereocenters. The van der Waals surface area contributed by atoms with Crippen molar-refractivity contribution in [3.63, 3.8) is 0 Å². The van der Waals surface area contributed by atoms with Gasteiger partial charge in [0, 0.05) is 41.5 Å². The topological polar surface area (TPSA) is 69.6 Å². The van der Waals surface area contributed by atoms with E-state index in [1.54, 1.807) is 11.3 Å². The maximum Gasteiger partial charge on any atom is 0.208 e. The van der Waals surface area contributed by atoms with Crippen molar-refractivity contribution in [2.24, 2.45) is 0 Å². The highest BCUT2D eigenvalue weighted by Crippen LogP contribution is 2.19. The molecule has 1 aromatic heterocycles. The highest BCUT2D eigenvalue weighted by molar-refractivity contribution is 7.88. The zero-order chi connectivity index (χ0) is 15.3. The number of hydrogen-bond acceptors (Lipinski definition) is 5. The average molecular weight is 328 g/mol. The lowest BCUT2D eigenvalue weighted by Gasteiger charge is -2.31. The molecule has 0 bridgehead atoms. The molecular weight excluding hydrogens is 308 g/mol. The number of piperidine rings is 1. The highest BCUT2D eigenvalue weighted by atomic mass is 32.2. The third kappa shape index (κ3) is 5.77. The van der Waals surface area contributed by atoms with Crippen molar-refractivity contribution in [1.29, 1.82) is 0 Å². The molecule has 1 fully saturated rings. The van der Waals surface area contributed by atoms with Gasteiger partial charge in [0.05, 0.1) is 6.26 Å². The lowest BCUT2D eigenvalue weighted by molar-refractivity contribution is 0.201. The van der Waals surface area contributed by atoms with Crippen LogP contribution in [0, 0.1) is 11.8 Å². The summed E-state index contributed by atoms with van der Waals surface area (Å²) in [5.41, 5.74) is 0.942. The molecule has 0 unspecified atom stereocenters. The van der Waals surface area contributed by atoms with Crippen LogP contribution >= 0.6 is 11.3 Å². The SMILES string of the molecule is CS(=O)(=O)NC1CCN(Cc2cc(C#CCO)cs2)CC1. The Bertz CT molecular complexity index is 620. The van der Waals surface area contributed by atoms with Gasteiger partial charge >= 0.3 is 0 Å². The minimum absolute atomic E-state index is 0.0607. The molecule has 1 aliphatic heterocycles. The summed E-state index contributed by atoms with van der Waals surface area (Å²) in [6.07, 6.45) is 2.89. The fourth-order valence-corrected chi connectivity index (χ4v) is 4.10. The van der Waals surface area contributed by atoms with Crippen molar-refractivity contribution in [2.45, 2.75) is 25.4 Å². The summed E-state index contributed by atoms with van der Waals surface area (Å²) >= 11 is 1.67. The molecule has 2 rings (SSSR count). The third-order valence-electron chi connectivity index (χ3n) is 3.31. The summed E-state index contributed by atoms with van der Waals surface area (Å²) in [5, 5.41) is 10.7. The molecule has 5 nitrogen and oxygen atoms in total.